The molecule has 2 aliphatic rings. The van der Waals surface area contributed by atoms with Crippen LogP contribution in [0.3, 0.4) is 0 Å². The predicted molar refractivity (Wildman–Crippen MR) is 109 cm³/mol. The molecule has 2 aliphatic heterocycles. The van der Waals surface area contributed by atoms with E-state index in [-0.39, 0.29) is 18.4 Å². The number of imide groups is 1. The summed E-state index contributed by atoms with van der Waals surface area (Å²) in [6.07, 6.45) is 1.95. The van der Waals surface area contributed by atoms with Gasteiger partial charge in [-0.25, -0.2) is 0 Å². The Morgan fingerprint density at radius 1 is 0.931 bits per heavy atom. The summed E-state index contributed by atoms with van der Waals surface area (Å²) in [5.74, 6) is 0.804. The molecule has 0 aromatic heterocycles. The Hall–Kier alpha value is -2.70. The van der Waals surface area contributed by atoms with E-state index in [0.29, 0.717) is 30.2 Å². The smallest absolute Gasteiger partial charge is 0.261 e. The number of nitrogens with zero attached hydrogens (tertiary/aromatic N) is 2. The van der Waals surface area contributed by atoms with Gasteiger partial charge in [-0.15, -0.1) is 0 Å². The summed E-state index contributed by atoms with van der Waals surface area (Å²) in [7, 11) is 0. The molecule has 0 spiro atoms. The van der Waals surface area contributed by atoms with Crippen LogP contribution in [0.2, 0.25) is 0 Å². The normalized spacial score (nSPS) is 17.6. The number of carbonyl (C=O) groups is 2. The van der Waals surface area contributed by atoms with Gasteiger partial charge >= 0.3 is 0 Å². The Morgan fingerprint density at radius 3 is 2.14 bits per heavy atom. The van der Waals surface area contributed by atoms with Gasteiger partial charge < -0.3 is 9.84 Å². The number of likely N-dealkylation sites (tertiary alicyclic amines) is 1. The topological polar surface area (TPSA) is 70.1 Å². The zero-order chi connectivity index (χ0) is 20.2. The molecular formula is C23H26N2O4. The van der Waals surface area contributed by atoms with Crippen LogP contribution in [0.15, 0.2) is 48.5 Å². The quantitative estimate of drug-likeness (QED) is 0.731. The van der Waals surface area contributed by atoms with Gasteiger partial charge in [0.2, 0.25) is 0 Å². The van der Waals surface area contributed by atoms with Gasteiger partial charge in [0.05, 0.1) is 17.7 Å². The van der Waals surface area contributed by atoms with Crippen LogP contribution in [-0.4, -0.2) is 59.6 Å². The van der Waals surface area contributed by atoms with Crippen molar-refractivity contribution in [2.75, 3.05) is 32.8 Å². The highest BCUT2D eigenvalue weighted by atomic mass is 16.5. The number of aliphatic hydroxyl groups is 1. The lowest BCUT2D eigenvalue weighted by molar-refractivity contribution is 0.0596. The molecule has 1 N–H and O–H groups in total. The van der Waals surface area contributed by atoms with Crippen LogP contribution in [0.1, 0.15) is 39.1 Å². The third-order valence-corrected chi connectivity index (χ3v) is 5.72. The third-order valence-electron chi connectivity index (χ3n) is 5.72. The summed E-state index contributed by atoms with van der Waals surface area (Å²) in [6.45, 7) is 3.61. The Labute approximate surface area is 170 Å². The monoisotopic (exact) mass is 394 g/mol. The minimum Gasteiger partial charge on any atom is -0.491 e. The molecule has 0 unspecified atom stereocenters. The molecule has 0 aliphatic carbocycles. The highest BCUT2D eigenvalue weighted by Gasteiger charge is 2.36. The second-order valence-corrected chi connectivity index (χ2v) is 7.70. The molecule has 4 rings (SSSR count). The first kappa shape index (κ1) is 19.6. The molecule has 0 atom stereocenters. The summed E-state index contributed by atoms with van der Waals surface area (Å²) in [5, 5.41) is 8.81. The number of rotatable bonds is 7. The minimum absolute atomic E-state index is 0.0113. The maximum Gasteiger partial charge on any atom is 0.261 e. The SMILES string of the molecule is O=C1c2ccccc2C(=O)N1CC1CCN(Cc2ccc(OCCO)cc2)CC1. The molecule has 6 nitrogen and oxygen atoms in total. The van der Waals surface area contributed by atoms with Crippen molar-refractivity contribution in [3.05, 3.63) is 65.2 Å². The van der Waals surface area contributed by atoms with Gasteiger partial charge in [-0.05, 0) is 61.7 Å². The van der Waals surface area contributed by atoms with E-state index >= 15 is 0 Å². The Bertz CT molecular complexity index is 838. The van der Waals surface area contributed by atoms with Gasteiger partial charge in [0.1, 0.15) is 12.4 Å². The molecule has 2 amide bonds. The first-order valence-corrected chi connectivity index (χ1v) is 10.2. The predicted octanol–water partition coefficient (Wildman–Crippen LogP) is 2.57. The van der Waals surface area contributed by atoms with Crippen LogP contribution >= 0.6 is 0 Å². The van der Waals surface area contributed by atoms with E-state index in [9.17, 15) is 9.59 Å². The van der Waals surface area contributed by atoms with Crippen molar-refractivity contribution in [2.24, 2.45) is 5.92 Å². The van der Waals surface area contributed by atoms with Crippen molar-refractivity contribution in [1.29, 1.82) is 0 Å². The van der Waals surface area contributed by atoms with Crippen molar-refractivity contribution in [1.82, 2.24) is 9.80 Å². The maximum absolute atomic E-state index is 12.6. The number of benzene rings is 2. The zero-order valence-corrected chi connectivity index (χ0v) is 16.4. The average Bonchev–Trinajstić information content (AvgIpc) is 3.00. The summed E-state index contributed by atoms with van der Waals surface area (Å²) in [6, 6.07) is 15.0. The van der Waals surface area contributed by atoms with Crippen molar-refractivity contribution in [2.45, 2.75) is 19.4 Å². The second kappa shape index (κ2) is 8.76. The number of aliphatic hydroxyl groups excluding tert-OH is 1. The zero-order valence-electron chi connectivity index (χ0n) is 16.4. The fourth-order valence-electron chi connectivity index (χ4n) is 4.10. The standard InChI is InChI=1S/C23H26N2O4/c26-13-14-29-19-7-5-17(6-8-19)15-24-11-9-18(10-12-24)16-25-22(27)20-3-1-2-4-21(20)23(25)28/h1-8,18,26H,9-16H2. The molecule has 1 saturated heterocycles. The number of carbonyl (C=O) groups excluding carboxylic acids is 2. The number of ether oxygens (including phenoxy) is 1. The van der Waals surface area contributed by atoms with Crippen molar-refractivity contribution in [3.8, 4) is 5.75 Å². The van der Waals surface area contributed by atoms with Gasteiger partial charge in [-0.1, -0.05) is 24.3 Å². The van der Waals surface area contributed by atoms with Crippen LogP contribution < -0.4 is 4.74 Å². The van der Waals surface area contributed by atoms with Gasteiger partial charge in [0.25, 0.3) is 11.8 Å². The van der Waals surface area contributed by atoms with Crippen molar-refractivity contribution < 1.29 is 19.4 Å². The lowest BCUT2D eigenvalue weighted by Gasteiger charge is -2.33. The molecule has 2 aromatic rings. The van der Waals surface area contributed by atoms with Gasteiger partial charge in [0, 0.05) is 13.1 Å². The molecular weight excluding hydrogens is 368 g/mol. The summed E-state index contributed by atoms with van der Waals surface area (Å²) in [5.41, 5.74) is 2.28. The Morgan fingerprint density at radius 2 is 1.55 bits per heavy atom. The van der Waals surface area contributed by atoms with Gasteiger partial charge in [0.15, 0.2) is 0 Å². The third kappa shape index (κ3) is 4.33. The van der Waals surface area contributed by atoms with E-state index in [1.807, 2.05) is 12.1 Å². The number of piperidine rings is 1. The van der Waals surface area contributed by atoms with E-state index in [1.165, 1.54) is 10.5 Å². The van der Waals surface area contributed by atoms with E-state index < -0.39 is 0 Å². The molecule has 29 heavy (non-hydrogen) atoms. The first-order valence-electron chi connectivity index (χ1n) is 10.2. The van der Waals surface area contributed by atoms with Crippen molar-refractivity contribution in [3.63, 3.8) is 0 Å². The minimum atomic E-state index is -0.156. The van der Waals surface area contributed by atoms with Crippen LogP contribution in [-0.2, 0) is 6.54 Å². The second-order valence-electron chi connectivity index (χ2n) is 7.70. The van der Waals surface area contributed by atoms with E-state index in [0.717, 1.165) is 38.2 Å². The Balaban J connectivity index is 1.27. The number of hydrogen-bond donors (Lipinski definition) is 1. The highest BCUT2D eigenvalue weighted by molar-refractivity contribution is 6.21. The van der Waals surface area contributed by atoms with E-state index in [4.69, 9.17) is 9.84 Å². The fourth-order valence-corrected chi connectivity index (χ4v) is 4.10. The molecule has 0 radical (unpaired) electrons. The lowest BCUT2D eigenvalue weighted by atomic mass is 9.96. The number of hydrogen-bond acceptors (Lipinski definition) is 5. The summed E-state index contributed by atoms with van der Waals surface area (Å²) >= 11 is 0. The first-order chi connectivity index (χ1) is 14.2. The van der Waals surface area contributed by atoms with Crippen molar-refractivity contribution >= 4 is 11.8 Å². The molecule has 1 fully saturated rings. The fraction of sp³-hybridized carbons (Fsp3) is 0.391. The van der Waals surface area contributed by atoms with Gasteiger partial charge in [-0.3, -0.25) is 19.4 Å². The van der Waals surface area contributed by atoms with Crippen LogP contribution in [0.25, 0.3) is 0 Å². The number of amides is 2. The van der Waals surface area contributed by atoms with Crippen LogP contribution in [0.5, 0.6) is 5.75 Å². The largest absolute Gasteiger partial charge is 0.491 e. The molecule has 2 heterocycles. The highest BCUT2D eigenvalue weighted by Crippen LogP contribution is 2.27. The molecule has 0 saturated carbocycles. The van der Waals surface area contributed by atoms with Crippen LogP contribution in [0, 0.1) is 5.92 Å². The maximum atomic E-state index is 12.6. The summed E-state index contributed by atoms with van der Waals surface area (Å²) < 4.78 is 5.39. The van der Waals surface area contributed by atoms with Gasteiger partial charge in [-0.2, -0.15) is 0 Å². The summed E-state index contributed by atoms with van der Waals surface area (Å²) in [4.78, 5) is 28.9. The number of fused-ring (bicyclic) bond motifs is 1. The lowest BCUT2D eigenvalue weighted by Crippen LogP contribution is -2.40. The average molecular weight is 394 g/mol. The molecule has 2 aromatic carbocycles. The Kier molecular flexibility index (Phi) is 5.92. The molecule has 152 valence electrons. The van der Waals surface area contributed by atoms with E-state index in [1.54, 1.807) is 24.3 Å². The molecule has 0 bridgehead atoms. The van der Waals surface area contributed by atoms with Crippen LogP contribution in [0.4, 0.5) is 0 Å². The van der Waals surface area contributed by atoms with E-state index in [2.05, 4.69) is 17.0 Å². The molecule has 6 heteroatoms.